The van der Waals surface area contributed by atoms with Gasteiger partial charge in [0.1, 0.15) is 23.1 Å². The first-order valence-electron chi connectivity index (χ1n) is 12.8. The number of benzene rings is 2. The topological polar surface area (TPSA) is 131 Å². The van der Waals surface area contributed by atoms with Crippen LogP contribution in [-0.2, 0) is 6.54 Å². The number of hydrogen-bond donors (Lipinski definition) is 1. The van der Waals surface area contributed by atoms with Gasteiger partial charge in [0, 0.05) is 36.8 Å². The van der Waals surface area contributed by atoms with Gasteiger partial charge in [-0.15, -0.1) is 12.4 Å². The summed E-state index contributed by atoms with van der Waals surface area (Å²) in [6.45, 7) is 8.42. The van der Waals surface area contributed by atoms with Gasteiger partial charge in [-0.3, -0.25) is 4.79 Å². The van der Waals surface area contributed by atoms with Crippen LogP contribution < -0.4 is 26.6 Å². The number of nitrogens with zero attached hydrogens (tertiary/aromatic N) is 4. The van der Waals surface area contributed by atoms with Crippen LogP contribution in [0.4, 0.5) is 4.79 Å². The summed E-state index contributed by atoms with van der Waals surface area (Å²) in [5.74, 6) is 0.630. The number of Topliss-reactive ketones (excluding diaryl/α,β-unsaturated/α-hetero) is 1. The molecule has 0 radical (unpaired) electrons. The third kappa shape index (κ3) is 4.75. The predicted molar refractivity (Wildman–Crippen MR) is 151 cm³/mol. The van der Waals surface area contributed by atoms with Crippen molar-refractivity contribution in [2.24, 2.45) is 5.73 Å². The van der Waals surface area contributed by atoms with E-state index < -0.39 is 29.1 Å². The molecule has 5 rings (SSSR count). The third-order valence-corrected chi connectivity index (χ3v) is 7.20. The van der Waals surface area contributed by atoms with E-state index in [1.165, 1.54) is 21.2 Å². The molecule has 0 bridgehead atoms. The summed E-state index contributed by atoms with van der Waals surface area (Å²) in [6.07, 6.45) is 1.39. The van der Waals surface area contributed by atoms with E-state index in [1.54, 1.807) is 42.5 Å². The Hall–Kier alpha value is -4.09. The second kappa shape index (κ2) is 10.8. The Bertz CT molecular complexity index is 1620. The number of ketones is 1. The molecule has 40 heavy (non-hydrogen) atoms. The number of aromatic nitrogens is 3. The van der Waals surface area contributed by atoms with E-state index in [2.05, 4.69) is 0 Å². The minimum atomic E-state index is -0.804. The molecule has 3 aromatic rings. The Morgan fingerprint density at radius 3 is 2.45 bits per heavy atom. The van der Waals surface area contributed by atoms with Gasteiger partial charge in [0.15, 0.2) is 5.78 Å². The molecule has 1 unspecified atom stereocenters. The second-order valence-electron chi connectivity index (χ2n) is 10.0. The largest absolute Gasteiger partial charge is 0.483 e. The van der Waals surface area contributed by atoms with E-state index in [4.69, 9.17) is 15.2 Å². The first kappa shape index (κ1) is 28.9. The van der Waals surface area contributed by atoms with Crippen molar-refractivity contribution in [3.8, 4) is 17.2 Å². The quantitative estimate of drug-likeness (QED) is 0.357. The van der Waals surface area contributed by atoms with Crippen molar-refractivity contribution in [3.63, 3.8) is 0 Å². The minimum absolute atomic E-state index is 0. The number of rotatable bonds is 6. The second-order valence-corrected chi connectivity index (χ2v) is 10.0. The average Bonchev–Trinajstić information content (AvgIpc) is 3.16. The monoisotopic (exact) mass is 569 g/mol. The molecule has 1 atom stereocenters. The molecule has 11 nitrogen and oxygen atoms in total. The van der Waals surface area contributed by atoms with Crippen LogP contribution in [0.3, 0.4) is 0 Å². The fraction of sp³-hybridized carbons (Fsp3) is 0.357. The number of fused-ring (bicyclic) bond motifs is 5. The molecule has 0 aliphatic carbocycles. The SMILES string of the molecule is CCN(CCN)C(=O)Oc1ccc2c(c1)OC(C)(C)C1=CCn3c(=O)n(-c4ccc(C(C)=O)cc4)c(=O)n3C12.Cl. The van der Waals surface area contributed by atoms with Crippen molar-refractivity contribution in [2.45, 2.75) is 45.9 Å². The molecule has 0 saturated heterocycles. The molecular weight excluding hydrogens is 538 g/mol. The number of carbonyl (C=O) groups is 2. The Labute approximate surface area is 236 Å². The maximum Gasteiger partial charge on any atom is 0.415 e. The zero-order chi connectivity index (χ0) is 28.1. The summed E-state index contributed by atoms with van der Waals surface area (Å²) < 4.78 is 15.9. The molecule has 3 heterocycles. The number of carbonyl (C=O) groups excluding carboxylic acids is 2. The molecule has 12 heteroatoms. The average molecular weight is 570 g/mol. The van der Waals surface area contributed by atoms with E-state index >= 15 is 0 Å². The van der Waals surface area contributed by atoms with E-state index in [0.29, 0.717) is 47.9 Å². The zero-order valence-electron chi connectivity index (χ0n) is 22.7. The molecule has 0 fully saturated rings. The molecule has 2 aliphatic rings. The van der Waals surface area contributed by atoms with Gasteiger partial charge in [0.05, 0.1) is 12.2 Å². The fourth-order valence-electron chi connectivity index (χ4n) is 5.21. The molecule has 2 N–H and O–H groups in total. The zero-order valence-corrected chi connectivity index (χ0v) is 23.6. The highest BCUT2D eigenvalue weighted by molar-refractivity contribution is 5.94. The smallest absolute Gasteiger partial charge is 0.415 e. The van der Waals surface area contributed by atoms with Gasteiger partial charge in [-0.1, -0.05) is 6.08 Å². The van der Waals surface area contributed by atoms with E-state index in [9.17, 15) is 19.2 Å². The van der Waals surface area contributed by atoms with E-state index in [0.717, 1.165) is 10.1 Å². The Morgan fingerprint density at radius 2 is 1.82 bits per heavy atom. The lowest BCUT2D eigenvalue weighted by atomic mass is 9.83. The number of allylic oxidation sites excluding steroid dienone is 1. The number of hydrogen-bond acceptors (Lipinski definition) is 7. The third-order valence-electron chi connectivity index (χ3n) is 7.20. The highest BCUT2D eigenvalue weighted by Crippen LogP contribution is 2.47. The summed E-state index contributed by atoms with van der Waals surface area (Å²) in [4.78, 5) is 53.0. The van der Waals surface area contributed by atoms with Crippen LogP contribution in [0.1, 0.15) is 49.7 Å². The van der Waals surface area contributed by atoms with E-state index in [-0.39, 0.29) is 24.7 Å². The van der Waals surface area contributed by atoms with Crippen LogP contribution in [0, 0.1) is 0 Å². The number of likely N-dealkylation sites (N-methyl/N-ethyl adjacent to an activating group) is 1. The Morgan fingerprint density at radius 1 is 1.12 bits per heavy atom. The van der Waals surface area contributed by atoms with Gasteiger partial charge in [-0.25, -0.2) is 28.3 Å². The maximum absolute atomic E-state index is 13.8. The Kier molecular flexibility index (Phi) is 7.82. The first-order chi connectivity index (χ1) is 18.6. The predicted octanol–water partition coefficient (Wildman–Crippen LogP) is 2.90. The number of nitrogens with two attached hydrogens (primary N) is 1. The van der Waals surface area contributed by atoms with Gasteiger partial charge in [-0.2, -0.15) is 0 Å². The molecule has 1 amide bonds. The van der Waals surface area contributed by atoms with Gasteiger partial charge < -0.3 is 20.1 Å². The molecule has 1 aromatic heterocycles. The summed E-state index contributed by atoms with van der Waals surface area (Å²) in [7, 11) is 0. The first-order valence-corrected chi connectivity index (χ1v) is 12.8. The van der Waals surface area contributed by atoms with Crippen LogP contribution in [0.2, 0.25) is 0 Å². The van der Waals surface area contributed by atoms with Crippen molar-refractivity contribution in [2.75, 3.05) is 19.6 Å². The van der Waals surface area contributed by atoms with Crippen LogP contribution in [0.5, 0.6) is 11.5 Å². The van der Waals surface area contributed by atoms with Crippen LogP contribution >= 0.6 is 12.4 Å². The summed E-state index contributed by atoms with van der Waals surface area (Å²) in [6, 6.07) is 10.8. The van der Waals surface area contributed by atoms with Gasteiger partial charge in [0.2, 0.25) is 0 Å². The lowest BCUT2D eigenvalue weighted by Gasteiger charge is -2.42. The number of amides is 1. The summed E-state index contributed by atoms with van der Waals surface area (Å²) in [5.41, 5.74) is 6.16. The number of halogens is 1. The van der Waals surface area contributed by atoms with Crippen molar-refractivity contribution in [1.82, 2.24) is 18.8 Å². The van der Waals surface area contributed by atoms with Crippen molar-refractivity contribution in [1.29, 1.82) is 0 Å². The van der Waals surface area contributed by atoms with Crippen molar-refractivity contribution < 1.29 is 19.1 Å². The molecule has 2 aliphatic heterocycles. The minimum Gasteiger partial charge on any atom is -0.483 e. The molecule has 2 aromatic carbocycles. The molecule has 212 valence electrons. The molecule has 0 saturated carbocycles. The van der Waals surface area contributed by atoms with Crippen LogP contribution in [0.25, 0.3) is 5.69 Å². The highest BCUT2D eigenvalue weighted by atomic mass is 35.5. The van der Waals surface area contributed by atoms with Crippen LogP contribution in [-0.4, -0.2) is 55.9 Å². The van der Waals surface area contributed by atoms with Gasteiger partial charge in [0.25, 0.3) is 0 Å². The molecule has 0 spiro atoms. The fourth-order valence-corrected chi connectivity index (χ4v) is 5.21. The van der Waals surface area contributed by atoms with Gasteiger partial charge >= 0.3 is 17.5 Å². The maximum atomic E-state index is 13.8. The van der Waals surface area contributed by atoms with Crippen molar-refractivity contribution >= 4 is 24.3 Å². The highest BCUT2D eigenvalue weighted by Gasteiger charge is 2.44. The van der Waals surface area contributed by atoms with Crippen molar-refractivity contribution in [3.05, 3.63) is 86.2 Å². The summed E-state index contributed by atoms with van der Waals surface area (Å²) in [5, 5.41) is 0. The van der Waals surface area contributed by atoms with Crippen LogP contribution in [0.15, 0.2) is 63.7 Å². The van der Waals surface area contributed by atoms with Gasteiger partial charge in [-0.05, 0) is 69.7 Å². The Balaban J connectivity index is 0.00000370. The lowest BCUT2D eigenvalue weighted by molar-refractivity contribution is 0.101. The standard InChI is InChI=1S/C28H31N5O6.ClH/c1-5-30(15-13-29)27(37)38-20-10-11-21-23(16-20)39-28(3,4)22-12-14-31-25(35)32(26(36)33(31)24(21)22)19-8-6-18(7-9-19)17(2)34;/h6-12,16,24H,5,13-15,29H2,1-4H3;1H. The molecular formula is C28H32ClN5O6. The van der Waals surface area contributed by atoms with E-state index in [1.807, 2.05) is 26.8 Å². The lowest BCUT2D eigenvalue weighted by Crippen LogP contribution is -2.46. The normalized spacial score (nSPS) is 16.3. The summed E-state index contributed by atoms with van der Waals surface area (Å²) >= 11 is 0. The number of ether oxygens (including phenoxy) is 2.